The lowest BCUT2D eigenvalue weighted by Crippen LogP contribution is -2.48. The van der Waals surface area contributed by atoms with Crippen molar-refractivity contribution in [3.8, 4) is 0 Å². The first-order chi connectivity index (χ1) is 9.34. The molecule has 6 heteroatoms. The molecule has 0 aliphatic rings. The number of urea groups is 1. The maximum absolute atomic E-state index is 12.1. The number of aliphatic carboxylic acids is 1. The monoisotopic (exact) mass is 304 g/mol. The molecule has 2 amide bonds. The van der Waals surface area contributed by atoms with Crippen LogP contribution in [0.25, 0.3) is 0 Å². The van der Waals surface area contributed by atoms with Crippen LogP contribution in [0.3, 0.4) is 0 Å². The molecule has 0 aromatic heterocycles. The van der Waals surface area contributed by atoms with Gasteiger partial charge in [0.15, 0.2) is 0 Å². The minimum atomic E-state index is -0.862. The van der Waals surface area contributed by atoms with Gasteiger partial charge in [-0.3, -0.25) is 4.79 Å². The number of rotatable bonds is 9. The molecule has 0 rings (SSSR count). The van der Waals surface area contributed by atoms with E-state index in [4.69, 9.17) is 0 Å². The Morgan fingerprint density at radius 3 is 2.30 bits per heavy atom. The Kier molecular flexibility index (Phi) is 8.69. The van der Waals surface area contributed by atoms with E-state index in [0.29, 0.717) is 12.8 Å². The largest absolute Gasteiger partial charge is 0.481 e. The molecule has 0 aromatic carbocycles. The zero-order valence-corrected chi connectivity index (χ0v) is 14.0. The van der Waals surface area contributed by atoms with Crippen molar-refractivity contribution >= 4 is 23.8 Å². The normalized spacial score (nSPS) is 12.8. The highest BCUT2D eigenvalue weighted by atomic mass is 32.2. The summed E-state index contributed by atoms with van der Waals surface area (Å²) in [7, 11) is 1.75. The van der Waals surface area contributed by atoms with Crippen molar-refractivity contribution in [2.24, 2.45) is 5.41 Å². The minimum absolute atomic E-state index is 0.143. The van der Waals surface area contributed by atoms with E-state index in [2.05, 4.69) is 5.32 Å². The van der Waals surface area contributed by atoms with E-state index in [9.17, 15) is 14.7 Å². The van der Waals surface area contributed by atoms with Crippen LogP contribution in [0, 0.1) is 5.41 Å². The Morgan fingerprint density at radius 1 is 1.35 bits per heavy atom. The van der Waals surface area contributed by atoms with Crippen molar-refractivity contribution in [3.63, 3.8) is 0 Å². The number of nitrogens with zero attached hydrogens (tertiary/aromatic N) is 1. The standard InChI is InChI=1S/C14H28N2O3S/c1-6-14(7-2,12(17)18)10-15-13(19)16(4)11(3)8-9-20-5/h11H,6-10H2,1-5H3,(H,15,19)(H,17,18). The molecular weight excluding hydrogens is 276 g/mol. The zero-order chi connectivity index (χ0) is 15.8. The van der Waals surface area contributed by atoms with E-state index >= 15 is 0 Å². The third-order valence-corrected chi connectivity index (χ3v) is 4.75. The number of carbonyl (C=O) groups excluding carboxylic acids is 1. The third kappa shape index (κ3) is 5.23. The second-order valence-electron chi connectivity index (χ2n) is 5.19. The van der Waals surface area contributed by atoms with Crippen molar-refractivity contribution in [2.45, 2.75) is 46.1 Å². The van der Waals surface area contributed by atoms with Crippen LogP contribution in [-0.2, 0) is 4.79 Å². The quantitative estimate of drug-likeness (QED) is 0.687. The Bertz CT molecular complexity index is 320. The summed E-state index contributed by atoms with van der Waals surface area (Å²) in [6.07, 6.45) is 3.98. The van der Waals surface area contributed by atoms with Gasteiger partial charge in [0.1, 0.15) is 0 Å². The molecular formula is C14H28N2O3S. The lowest BCUT2D eigenvalue weighted by molar-refractivity contribution is -0.149. The van der Waals surface area contributed by atoms with Crippen molar-refractivity contribution in [3.05, 3.63) is 0 Å². The molecule has 0 bridgehead atoms. The average molecular weight is 304 g/mol. The Balaban J connectivity index is 4.49. The van der Waals surface area contributed by atoms with Crippen LogP contribution >= 0.6 is 11.8 Å². The van der Waals surface area contributed by atoms with Gasteiger partial charge in [-0.05, 0) is 38.2 Å². The second-order valence-corrected chi connectivity index (χ2v) is 6.18. The number of hydrogen-bond donors (Lipinski definition) is 2. The fraction of sp³-hybridized carbons (Fsp3) is 0.857. The summed E-state index contributed by atoms with van der Waals surface area (Å²) in [4.78, 5) is 25.1. The van der Waals surface area contributed by atoms with E-state index in [1.54, 1.807) is 23.7 Å². The molecule has 0 aliphatic carbocycles. The topological polar surface area (TPSA) is 69.6 Å². The summed E-state index contributed by atoms with van der Waals surface area (Å²) in [5, 5.41) is 12.1. The van der Waals surface area contributed by atoms with E-state index in [1.165, 1.54) is 0 Å². The van der Waals surface area contributed by atoms with Crippen molar-refractivity contribution in [2.75, 3.05) is 25.6 Å². The Labute approximate surface area is 126 Å². The van der Waals surface area contributed by atoms with Crippen LogP contribution in [-0.4, -0.2) is 53.6 Å². The lowest BCUT2D eigenvalue weighted by Gasteiger charge is -2.30. The van der Waals surface area contributed by atoms with Gasteiger partial charge >= 0.3 is 12.0 Å². The molecule has 0 radical (unpaired) electrons. The summed E-state index contributed by atoms with van der Waals surface area (Å²) >= 11 is 1.75. The predicted octanol–water partition coefficient (Wildman–Crippen LogP) is 2.66. The predicted molar refractivity (Wildman–Crippen MR) is 84.3 cm³/mol. The fourth-order valence-corrected chi connectivity index (χ4v) is 2.51. The van der Waals surface area contributed by atoms with Crippen LogP contribution in [0.15, 0.2) is 0 Å². The summed E-state index contributed by atoms with van der Waals surface area (Å²) in [5.41, 5.74) is -0.862. The summed E-state index contributed by atoms with van der Waals surface area (Å²) in [6.45, 7) is 5.86. The van der Waals surface area contributed by atoms with Gasteiger partial charge in [0.05, 0.1) is 5.41 Å². The van der Waals surface area contributed by atoms with Gasteiger partial charge < -0.3 is 15.3 Å². The molecule has 118 valence electrons. The van der Waals surface area contributed by atoms with Crippen LogP contribution in [0.1, 0.15) is 40.0 Å². The Hall–Kier alpha value is -0.910. The first kappa shape index (κ1) is 19.1. The van der Waals surface area contributed by atoms with E-state index in [0.717, 1.165) is 12.2 Å². The van der Waals surface area contributed by atoms with Gasteiger partial charge in [0.2, 0.25) is 0 Å². The average Bonchev–Trinajstić information content (AvgIpc) is 2.44. The minimum Gasteiger partial charge on any atom is -0.481 e. The molecule has 1 atom stereocenters. The maximum Gasteiger partial charge on any atom is 0.317 e. The van der Waals surface area contributed by atoms with Gasteiger partial charge in [-0.15, -0.1) is 0 Å². The number of thioether (sulfide) groups is 1. The molecule has 0 heterocycles. The van der Waals surface area contributed by atoms with Crippen LogP contribution < -0.4 is 5.32 Å². The molecule has 20 heavy (non-hydrogen) atoms. The van der Waals surface area contributed by atoms with Gasteiger partial charge in [-0.1, -0.05) is 13.8 Å². The summed E-state index contributed by atoms with van der Waals surface area (Å²) in [5.74, 6) is 0.155. The first-order valence-corrected chi connectivity index (χ1v) is 8.47. The van der Waals surface area contributed by atoms with Gasteiger partial charge in [-0.25, -0.2) is 4.79 Å². The SMILES string of the molecule is CCC(CC)(CNC(=O)N(C)C(C)CCSC)C(=O)O. The molecule has 0 aliphatic heterocycles. The summed E-state index contributed by atoms with van der Waals surface area (Å²) < 4.78 is 0. The molecule has 0 saturated carbocycles. The summed E-state index contributed by atoms with van der Waals surface area (Å²) in [6, 6.07) is -0.0592. The van der Waals surface area contributed by atoms with E-state index in [1.807, 2.05) is 27.0 Å². The first-order valence-electron chi connectivity index (χ1n) is 7.07. The fourth-order valence-electron chi connectivity index (χ4n) is 1.93. The van der Waals surface area contributed by atoms with E-state index in [-0.39, 0.29) is 18.6 Å². The number of hydrogen-bond acceptors (Lipinski definition) is 3. The molecule has 5 nitrogen and oxygen atoms in total. The highest BCUT2D eigenvalue weighted by Gasteiger charge is 2.35. The van der Waals surface area contributed by atoms with Crippen LogP contribution in [0.2, 0.25) is 0 Å². The molecule has 0 fully saturated rings. The molecule has 1 unspecified atom stereocenters. The van der Waals surface area contributed by atoms with Gasteiger partial charge in [0.25, 0.3) is 0 Å². The molecule has 2 N–H and O–H groups in total. The van der Waals surface area contributed by atoms with Crippen molar-refractivity contribution in [1.29, 1.82) is 0 Å². The number of carbonyl (C=O) groups is 2. The van der Waals surface area contributed by atoms with Gasteiger partial charge in [-0.2, -0.15) is 11.8 Å². The highest BCUT2D eigenvalue weighted by molar-refractivity contribution is 7.98. The van der Waals surface area contributed by atoms with Crippen LogP contribution in [0.4, 0.5) is 4.79 Å². The molecule has 0 saturated heterocycles. The number of nitrogens with one attached hydrogen (secondary N) is 1. The third-order valence-electron chi connectivity index (χ3n) is 4.11. The van der Waals surface area contributed by atoms with Gasteiger partial charge in [0, 0.05) is 19.6 Å². The highest BCUT2D eigenvalue weighted by Crippen LogP contribution is 2.25. The van der Waals surface area contributed by atoms with E-state index < -0.39 is 11.4 Å². The van der Waals surface area contributed by atoms with Crippen LogP contribution in [0.5, 0.6) is 0 Å². The maximum atomic E-state index is 12.1. The lowest BCUT2D eigenvalue weighted by atomic mass is 9.82. The Morgan fingerprint density at radius 2 is 1.90 bits per heavy atom. The zero-order valence-electron chi connectivity index (χ0n) is 13.2. The van der Waals surface area contributed by atoms with Crippen molar-refractivity contribution < 1.29 is 14.7 Å². The van der Waals surface area contributed by atoms with Crippen molar-refractivity contribution in [1.82, 2.24) is 10.2 Å². The number of carboxylic acid groups (broad SMARTS) is 1. The number of carboxylic acids is 1. The second kappa shape index (κ2) is 9.10. The number of amides is 2. The molecule has 0 aromatic rings. The molecule has 0 spiro atoms. The smallest absolute Gasteiger partial charge is 0.317 e.